The minimum absolute atomic E-state index is 0.539. The summed E-state index contributed by atoms with van der Waals surface area (Å²) < 4.78 is 23.3. The van der Waals surface area contributed by atoms with Crippen LogP contribution in [-0.4, -0.2) is 36.4 Å². The number of methoxy groups -OCH3 is 1. The van der Waals surface area contributed by atoms with Crippen LogP contribution >= 0.6 is 0 Å². The van der Waals surface area contributed by atoms with Gasteiger partial charge in [0, 0.05) is 7.11 Å². The van der Waals surface area contributed by atoms with E-state index < -0.39 is 24.2 Å². The molecule has 0 amide bonds. The average molecular weight is 178 g/mol. The summed E-state index contributed by atoms with van der Waals surface area (Å²) in [6, 6.07) is 0. The smallest absolute Gasteiger partial charge is 0.189 e. The summed E-state index contributed by atoms with van der Waals surface area (Å²) in [7, 11) is 1.39. The van der Waals surface area contributed by atoms with Crippen LogP contribution in [0.25, 0.3) is 0 Å². The fraction of sp³-hybridized carbons (Fsp3) is 1.00. The third-order valence-corrected chi connectivity index (χ3v) is 2.28. The van der Waals surface area contributed by atoms with Crippen LogP contribution in [0.4, 0.5) is 4.39 Å². The van der Waals surface area contributed by atoms with Gasteiger partial charge in [0.2, 0.25) is 0 Å². The molecule has 1 saturated heterocycles. The lowest BCUT2D eigenvalue weighted by Gasteiger charge is -2.23. The summed E-state index contributed by atoms with van der Waals surface area (Å²) in [6.07, 6.45) is -2.23. The minimum atomic E-state index is -1.52. The first-order valence-corrected chi connectivity index (χ1v) is 4.08. The van der Waals surface area contributed by atoms with Crippen molar-refractivity contribution in [2.24, 2.45) is 0 Å². The van der Waals surface area contributed by atoms with Crippen molar-refractivity contribution < 1.29 is 19.0 Å². The second-order valence-corrected chi connectivity index (χ2v) is 3.28. The van der Waals surface area contributed by atoms with Gasteiger partial charge in [-0.1, -0.05) is 6.92 Å². The van der Waals surface area contributed by atoms with Gasteiger partial charge in [-0.3, -0.25) is 0 Å². The fourth-order valence-corrected chi connectivity index (χ4v) is 1.47. The third kappa shape index (κ3) is 1.34. The maximum Gasteiger partial charge on any atom is 0.189 e. The van der Waals surface area contributed by atoms with E-state index in [2.05, 4.69) is 0 Å². The lowest BCUT2D eigenvalue weighted by atomic mass is 9.98. The molecule has 4 atom stereocenters. The molecule has 0 aliphatic carbocycles. The van der Waals surface area contributed by atoms with Gasteiger partial charge < -0.3 is 14.6 Å². The van der Waals surface area contributed by atoms with Crippen LogP contribution in [0, 0.1) is 0 Å². The van der Waals surface area contributed by atoms with E-state index in [1.165, 1.54) is 14.0 Å². The van der Waals surface area contributed by atoms with Gasteiger partial charge in [0.05, 0.1) is 6.10 Å². The van der Waals surface area contributed by atoms with Gasteiger partial charge in [-0.2, -0.15) is 0 Å². The molecular formula is C8H15FO3. The SMILES string of the molecule is CC[C@H]1O[C@H](OC)[C@](C)(O)[C@@H]1F. The van der Waals surface area contributed by atoms with E-state index in [-0.39, 0.29) is 0 Å². The van der Waals surface area contributed by atoms with Gasteiger partial charge in [-0.15, -0.1) is 0 Å². The molecule has 0 aromatic heterocycles. The van der Waals surface area contributed by atoms with Crippen molar-refractivity contribution in [3.05, 3.63) is 0 Å². The molecule has 1 heterocycles. The summed E-state index contributed by atoms with van der Waals surface area (Å²) in [5.74, 6) is 0. The molecule has 1 rings (SSSR count). The molecule has 0 saturated carbocycles. The zero-order valence-electron chi connectivity index (χ0n) is 7.58. The number of hydrogen-bond acceptors (Lipinski definition) is 3. The molecule has 0 unspecified atom stereocenters. The number of ether oxygens (including phenoxy) is 2. The van der Waals surface area contributed by atoms with Gasteiger partial charge in [-0.25, -0.2) is 4.39 Å². The molecule has 0 bridgehead atoms. The molecule has 0 radical (unpaired) electrons. The van der Waals surface area contributed by atoms with E-state index in [9.17, 15) is 9.50 Å². The van der Waals surface area contributed by atoms with Gasteiger partial charge in [0.15, 0.2) is 12.5 Å². The van der Waals surface area contributed by atoms with Crippen molar-refractivity contribution in [3.63, 3.8) is 0 Å². The van der Waals surface area contributed by atoms with Gasteiger partial charge in [-0.05, 0) is 13.3 Å². The highest BCUT2D eigenvalue weighted by Gasteiger charge is 2.53. The normalized spacial score (nSPS) is 48.2. The Kier molecular flexibility index (Phi) is 2.70. The first-order valence-electron chi connectivity index (χ1n) is 4.08. The molecular weight excluding hydrogens is 163 g/mol. The highest BCUT2D eigenvalue weighted by Crippen LogP contribution is 2.34. The Morgan fingerprint density at radius 3 is 2.50 bits per heavy atom. The average Bonchev–Trinajstić information content (AvgIpc) is 2.25. The van der Waals surface area contributed by atoms with E-state index in [4.69, 9.17) is 9.47 Å². The molecule has 1 N–H and O–H groups in total. The summed E-state index contributed by atoms with van der Waals surface area (Å²) in [5, 5.41) is 9.60. The molecule has 3 nitrogen and oxygen atoms in total. The van der Waals surface area contributed by atoms with E-state index in [0.29, 0.717) is 6.42 Å². The van der Waals surface area contributed by atoms with Crippen molar-refractivity contribution in [2.75, 3.05) is 7.11 Å². The number of aliphatic hydroxyl groups is 1. The van der Waals surface area contributed by atoms with Crippen LogP contribution in [0.2, 0.25) is 0 Å². The lowest BCUT2D eigenvalue weighted by Crippen LogP contribution is -2.43. The molecule has 1 aliphatic rings. The van der Waals surface area contributed by atoms with Crippen LogP contribution in [-0.2, 0) is 9.47 Å². The van der Waals surface area contributed by atoms with Crippen LogP contribution in [0.1, 0.15) is 20.3 Å². The Bertz CT molecular complexity index is 156. The van der Waals surface area contributed by atoms with Crippen LogP contribution < -0.4 is 0 Å². The van der Waals surface area contributed by atoms with Gasteiger partial charge in [0.25, 0.3) is 0 Å². The highest BCUT2D eigenvalue weighted by molar-refractivity contribution is 4.96. The monoisotopic (exact) mass is 178 g/mol. The maximum atomic E-state index is 13.3. The first kappa shape index (κ1) is 9.89. The Morgan fingerprint density at radius 1 is 1.67 bits per heavy atom. The summed E-state index contributed by atoms with van der Waals surface area (Å²) in [6.45, 7) is 3.20. The second kappa shape index (κ2) is 3.28. The zero-order chi connectivity index (χ0) is 9.35. The maximum absolute atomic E-state index is 13.3. The van der Waals surface area contributed by atoms with E-state index in [1.54, 1.807) is 0 Å². The molecule has 12 heavy (non-hydrogen) atoms. The molecule has 1 fully saturated rings. The minimum Gasteiger partial charge on any atom is -0.382 e. The largest absolute Gasteiger partial charge is 0.382 e. The van der Waals surface area contributed by atoms with Crippen LogP contribution in [0.3, 0.4) is 0 Å². The summed E-state index contributed by atoms with van der Waals surface area (Å²) in [5.41, 5.74) is -1.52. The molecule has 0 spiro atoms. The van der Waals surface area contributed by atoms with Crippen molar-refractivity contribution in [1.29, 1.82) is 0 Å². The van der Waals surface area contributed by atoms with Crippen LogP contribution in [0.15, 0.2) is 0 Å². The Morgan fingerprint density at radius 2 is 2.25 bits per heavy atom. The van der Waals surface area contributed by atoms with Crippen molar-refractivity contribution in [1.82, 2.24) is 0 Å². The summed E-state index contributed by atoms with van der Waals surface area (Å²) in [4.78, 5) is 0. The van der Waals surface area contributed by atoms with Crippen molar-refractivity contribution in [2.45, 2.75) is 44.4 Å². The predicted octanol–water partition coefficient (Wildman–Crippen LogP) is 0.857. The topological polar surface area (TPSA) is 38.7 Å². The predicted molar refractivity (Wildman–Crippen MR) is 41.5 cm³/mol. The van der Waals surface area contributed by atoms with E-state index in [0.717, 1.165) is 0 Å². The first-order chi connectivity index (χ1) is 5.54. The quantitative estimate of drug-likeness (QED) is 0.681. The van der Waals surface area contributed by atoms with Crippen LogP contribution in [0.5, 0.6) is 0 Å². The van der Waals surface area contributed by atoms with Crippen molar-refractivity contribution >= 4 is 0 Å². The number of rotatable bonds is 2. The van der Waals surface area contributed by atoms with Gasteiger partial charge in [0.1, 0.15) is 5.60 Å². The molecule has 1 aliphatic heterocycles. The summed E-state index contributed by atoms with van der Waals surface area (Å²) >= 11 is 0. The van der Waals surface area contributed by atoms with E-state index >= 15 is 0 Å². The standard InChI is InChI=1S/C8H15FO3/c1-4-5-6(9)8(2,10)7(11-3)12-5/h5-7,10H,4H2,1-3H3/t5-,6-,7+,8-/m1/s1. The van der Waals surface area contributed by atoms with Crippen molar-refractivity contribution in [3.8, 4) is 0 Å². The third-order valence-electron chi connectivity index (χ3n) is 2.28. The Balaban J connectivity index is 2.73. The second-order valence-electron chi connectivity index (χ2n) is 3.28. The Labute approximate surface area is 71.5 Å². The zero-order valence-corrected chi connectivity index (χ0v) is 7.58. The molecule has 0 aromatic carbocycles. The fourth-order valence-electron chi connectivity index (χ4n) is 1.47. The lowest BCUT2D eigenvalue weighted by molar-refractivity contribution is -0.182. The molecule has 72 valence electrons. The molecule has 0 aromatic rings. The molecule has 4 heteroatoms. The van der Waals surface area contributed by atoms with E-state index in [1.807, 2.05) is 6.92 Å². The highest BCUT2D eigenvalue weighted by atomic mass is 19.1. The number of halogens is 1. The van der Waals surface area contributed by atoms with Gasteiger partial charge >= 0.3 is 0 Å². The number of hydrogen-bond donors (Lipinski definition) is 1. The number of alkyl halides is 1. The Hall–Kier alpha value is -0.190.